The highest BCUT2D eigenvalue weighted by Gasteiger charge is 2.30. The second-order valence-electron chi connectivity index (χ2n) is 7.36. The standard InChI is InChI=1S/C20H29N3O3/c1-14(2)19(25)23-11-9-16(10-12-23)20(26)22(4)13-18(24)21-17-7-5-15(3)6-8-17/h5-8,14,16H,9-13H2,1-4H3,(H,21,24). The zero-order valence-corrected chi connectivity index (χ0v) is 16.1. The Balaban J connectivity index is 1.81. The topological polar surface area (TPSA) is 69.7 Å². The molecule has 0 atom stereocenters. The summed E-state index contributed by atoms with van der Waals surface area (Å²) in [6.07, 6.45) is 1.31. The van der Waals surface area contributed by atoms with E-state index in [0.29, 0.717) is 25.9 Å². The Morgan fingerprint density at radius 2 is 1.73 bits per heavy atom. The van der Waals surface area contributed by atoms with Crippen LogP contribution in [0.2, 0.25) is 0 Å². The van der Waals surface area contributed by atoms with Crippen molar-refractivity contribution in [2.75, 3.05) is 32.0 Å². The van der Waals surface area contributed by atoms with E-state index in [9.17, 15) is 14.4 Å². The van der Waals surface area contributed by atoms with Crippen LogP contribution < -0.4 is 5.32 Å². The molecule has 2 rings (SSSR count). The quantitative estimate of drug-likeness (QED) is 0.877. The Morgan fingerprint density at radius 3 is 2.27 bits per heavy atom. The molecule has 1 fully saturated rings. The van der Waals surface area contributed by atoms with Crippen LogP contribution >= 0.6 is 0 Å². The number of benzene rings is 1. The first-order valence-electron chi connectivity index (χ1n) is 9.18. The van der Waals surface area contributed by atoms with Crippen LogP contribution in [0.5, 0.6) is 0 Å². The fourth-order valence-electron chi connectivity index (χ4n) is 3.15. The molecule has 1 heterocycles. The molecular formula is C20H29N3O3. The molecule has 0 radical (unpaired) electrons. The van der Waals surface area contributed by atoms with E-state index in [1.165, 1.54) is 4.90 Å². The number of anilines is 1. The molecule has 26 heavy (non-hydrogen) atoms. The number of nitrogens with one attached hydrogen (secondary N) is 1. The molecule has 142 valence electrons. The van der Waals surface area contributed by atoms with Crippen LogP contribution in [0.3, 0.4) is 0 Å². The molecule has 1 aromatic rings. The highest BCUT2D eigenvalue weighted by molar-refractivity contribution is 5.94. The van der Waals surface area contributed by atoms with Crippen molar-refractivity contribution in [1.82, 2.24) is 9.80 Å². The highest BCUT2D eigenvalue weighted by Crippen LogP contribution is 2.20. The summed E-state index contributed by atoms with van der Waals surface area (Å²) in [5, 5.41) is 2.81. The van der Waals surface area contributed by atoms with Crippen molar-refractivity contribution in [2.45, 2.75) is 33.6 Å². The van der Waals surface area contributed by atoms with E-state index in [2.05, 4.69) is 5.32 Å². The molecule has 1 aliphatic rings. The van der Waals surface area contributed by atoms with Crippen LogP contribution in [-0.2, 0) is 14.4 Å². The summed E-state index contributed by atoms with van der Waals surface area (Å²) in [6.45, 7) is 7.00. The van der Waals surface area contributed by atoms with Gasteiger partial charge in [-0.3, -0.25) is 14.4 Å². The van der Waals surface area contributed by atoms with Crippen molar-refractivity contribution in [3.63, 3.8) is 0 Å². The molecule has 1 N–H and O–H groups in total. The minimum absolute atomic E-state index is 0.0182. The number of aryl methyl sites for hydroxylation is 1. The third kappa shape index (κ3) is 5.31. The summed E-state index contributed by atoms with van der Waals surface area (Å²) in [5.41, 5.74) is 1.85. The summed E-state index contributed by atoms with van der Waals surface area (Å²) in [7, 11) is 1.66. The summed E-state index contributed by atoms with van der Waals surface area (Å²) >= 11 is 0. The van der Waals surface area contributed by atoms with Gasteiger partial charge in [0, 0.05) is 37.7 Å². The molecular weight excluding hydrogens is 330 g/mol. The minimum atomic E-state index is -0.211. The predicted octanol–water partition coefficient (Wildman–Crippen LogP) is 2.29. The lowest BCUT2D eigenvalue weighted by Gasteiger charge is -2.34. The predicted molar refractivity (Wildman–Crippen MR) is 102 cm³/mol. The fourth-order valence-corrected chi connectivity index (χ4v) is 3.15. The summed E-state index contributed by atoms with van der Waals surface area (Å²) in [4.78, 5) is 40.1. The van der Waals surface area contributed by atoms with Gasteiger partial charge in [-0.05, 0) is 31.9 Å². The molecule has 1 aromatic carbocycles. The smallest absolute Gasteiger partial charge is 0.243 e. The molecule has 3 amide bonds. The Morgan fingerprint density at radius 1 is 1.15 bits per heavy atom. The molecule has 0 spiro atoms. The van der Waals surface area contributed by atoms with Crippen molar-refractivity contribution in [3.05, 3.63) is 29.8 Å². The number of hydrogen-bond acceptors (Lipinski definition) is 3. The number of amides is 3. The number of hydrogen-bond donors (Lipinski definition) is 1. The molecule has 0 saturated carbocycles. The van der Waals surface area contributed by atoms with Crippen LogP contribution in [0.15, 0.2) is 24.3 Å². The third-order valence-electron chi connectivity index (χ3n) is 4.74. The maximum absolute atomic E-state index is 12.6. The van der Waals surface area contributed by atoms with Gasteiger partial charge in [0.2, 0.25) is 17.7 Å². The summed E-state index contributed by atoms with van der Waals surface area (Å²) in [6, 6.07) is 7.54. The second kappa shape index (κ2) is 8.83. The number of carbonyl (C=O) groups excluding carboxylic acids is 3. The number of nitrogens with zero attached hydrogens (tertiary/aromatic N) is 2. The van der Waals surface area contributed by atoms with E-state index >= 15 is 0 Å². The van der Waals surface area contributed by atoms with Gasteiger partial charge in [0.15, 0.2) is 0 Å². The molecule has 0 aliphatic carbocycles. The average molecular weight is 359 g/mol. The second-order valence-corrected chi connectivity index (χ2v) is 7.36. The monoisotopic (exact) mass is 359 g/mol. The third-order valence-corrected chi connectivity index (χ3v) is 4.74. The molecule has 6 nitrogen and oxygen atoms in total. The van der Waals surface area contributed by atoms with Crippen LogP contribution in [0.1, 0.15) is 32.3 Å². The van der Waals surface area contributed by atoms with E-state index in [-0.39, 0.29) is 36.1 Å². The first-order chi connectivity index (χ1) is 12.3. The van der Waals surface area contributed by atoms with Crippen molar-refractivity contribution in [3.8, 4) is 0 Å². The number of likely N-dealkylation sites (tertiary alicyclic amines) is 1. The highest BCUT2D eigenvalue weighted by atomic mass is 16.2. The number of carbonyl (C=O) groups is 3. The zero-order valence-electron chi connectivity index (χ0n) is 16.1. The van der Waals surface area contributed by atoms with Crippen LogP contribution in [0, 0.1) is 18.8 Å². The Labute approximate surface area is 155 Å². The van der Waals surface area contributed by atoms with Gasteiger partial charge >= 0.3 is 0 Å². The summed E-state index contributed by atoms with van der Waals surface area (Å²) in [5.74, 6) is -0.238. The maximum atomic E-state index is 12.6. The van der Waals surface area contributed by atoms with Gasteiger partial charge in [-0.25, -0.2) is 0 Å². The zero-order chi connectivity index (χ0) is 19.3. The van der Waals surface area contributed by atoms with Crippen LogP contribution in [-0.4, -0.2) is 54.2 Å². The number of piperidine rings is 1. The van der Waals surface area contributed by atoms with Gasteiger partial charge in [0.25, 0.3) is 0 Å². The molecule has 0 bridgehead atoms. The van der Waals surface area contributed by atoms with Crippen molar-refractivity contribution < 1.29 is 14.4 Å². The molecule has 1 saturated heterocycles. The molecule has 0 aromatic heterocycles. The largest absolute Gasteiger partial charge is 0.342 e. The van der Waals surface area contributed by atoms with Crippen molar-refractivity contribution in [1.29, 1.82) is 0 Å². The molecule has 0 unspecified atom stereocenters. The number of likely N-dealkylation sites (N-methyl/N-ethyl adjacent to an activating group) is 1. The van der Waals surface area contributed by atoms with Crippen LogP contribution in [0.25, 0.3) is 0 Å². The van der Waals surface area contributed by atoms with Gasteiger partial charge in [0.1, 0.15) is 0 Å². The van der Waals surface area contributed by atoms with Crippen molar-refractivity contribution >= 4 is 23.4 Å². The lowest BCUT2D eigenvalue weighted by molar-refractivity contribution is -0.142. The van der Waals surface area contributed by atoms with E-state index in [0.717, 1.165) is 11.3 Å². The van der Waals surface area contributed by atoms with E-state index < -0.39 is 0 Å². The minimum Gasteiger partial charge on any atom is -0.342 e. The van der Waals surface area contributed by atoms with Gasteiger partial charge in [0.05, 0.1) is 6.54 Å². The van der Waals surface area contributed by atoms with Crippen molar-refractivity contribution in [2.24, 2.45) is 11.8 Å². The normalized spacial score (nSPS) is 15.0. The first-order valence-corrected chi connectivity index (χ1v) is 9.18. The Hall–Kier alpha value is -2.37. The van der Waals surface area contributed by atoms with Gasteiger partial charge in [-0.1, -0.05) is 31.5 Å². The Kier molecular flexibility index (Phi) is 6.77. The lowest BCUT2D eigenvalue weighted by Crippen LogP contribution is -2.45. The maximum Gasteiger partial charge on any atom is 0.243 e. The molecule has 6 heteroatoms. The van der Waals surface area contributed by atoms with E-state index in [1.807, 2.05) is 49.9 Å². The number of rotatable bonds is 5. The molecule has 1 aliphatic heterocycles. The Bertz CT molecular complexity index is 647. The average Bonchev–Trinajstić information content (AvgIpc) is 2.62. The van der Waals surface area contributed by atoms with Gasteiger partial charge < -0.3 is 15.1 Å². The van der Waals surface area contributed by atoms with Gasteiger partial charge in [-0.2, -0.15) is 0 Å². The first kappa shape index (κ1) is 19.9. The van der Waals surface area contributed by atoms with Crippen LogP contribution in [0.4, 0.5) is 5.69 Å². The lowest BCUT2D eigenvalue weighted by atomic mass is 9.94. The SMILES string of the molecule is Cc1ccc(NC(=O)CN(C)C(=O)C2CCN(C(=O)C(C)C)CC2)cc1. The fraction of sp³-hybridized carbons (Fsp3) is 0.550. The summed E-state index contributed by atoms with van der Waals surface area (Å²) < 4.78 is 0. The van der Waals surface area contributed by atoms with E-state index in [4.69, 9.17) is 0 Å². The van der Waals surface area contributed by atoms with Gasteiger partial charge in [-0.15, -0.1) is 0 Å². The van der Waals surface area contributed by atoms with E-state index in [1.54, 1.807) is 7.05 Å².